The van der Waals surface area contributed by atoms with Crippen molar-refractivity contribution in [1.82, 2.24) is 9.66 Å². The topological polar surface area (TPSA) is 42.2 Å². The Balaban J connectivity index is 2.09. The summed E-state index contributed by atoms with van der Waals surface area (Å²) in [5.41, 5.74) is 4.73. The van der Waals surface area contributed by atoms with Crippen LogP contribution in [0.15, 0.2) is 53.9 Å². The molecule has 4 nitrogen and oxygen atoms in total. The van der Waals surface area contributed by atoms with E-state index in [-0.39, 0.29) is 0 Å². The Morgan fingerprint density at radius 1 is 1.24 bits per heavy atom. The summed E-state index contributed by atoms with van der Waals surface area (Å²) in [5, 5.41) is 8.48. The molecule has 0 bridgehead atoms. The van der Waals surface area contributed by atoms with Crippen LogP contribution in [-0.4, -0.2) is 22.4 Å². The number of aromatic nitrogens is 2. The first-order chi connectivity index (χ1) is 10.2. The summed E-state index contributed by atoms with van der Waals surface area (Å²) in [6.07, 6.45) is 1.72. The lowest BCUT2D eigenvalue weighted by Gasteiger charge is -2.09. The number of benzene rings is 2. The number of hydrogen-bond acceptors (Lipinski definition) is 3. The lowest BCUT2D eigenvalue weighted by Crippen LogP contribution is -2.03. The molecular weight excluding hydrogens is 284 g/mol. The number of nitrogens with zero attached hydrogens (tertiary/aromatic N) is 3. The largest absolute Gasteiger partial charge is 0.388 e. The van der Waals surface area contributed by atoms with E-state index in [0.717, 1.165) is 28.0 Å². The minimum Gasteiger partial charge on any atom is -0.388 e. The zero-order chi connectivity index (χ0) is 14.8. The van der Waals surface area contributed by atoms with E-state index >= 15 is 0 Å². The third kappa shape index (κ3) is 2.62. The number of para-hydroxylation sites is 2. The molecule has 0 aliphatic heterocycles. The molecular formula is C16H15ClN4. The molecule has 0 saturated carbocycles. The Morgan fingerprint density at radius 3 is 2.86 bits per heavy atom. The Hall–Kier alpha value is -2.33. The van der Waals surface area contributed by atoms with Gasteiger partial charge >= 0.3 is 0 Å². The van der Waals surface area contributed by atoms with Gasteiger partial charge in [-0.1, -0.05) is 23.7 Å². The Labute approximate surface area is 128 Å². The van der Waals surface area contributed by atoms with Gasteiger partial charge in [0, 0.05) is 23.3 Å². The number of fused-ring (bicyclic) bond motifs is 1. The molecule has 0 amide bonds. The van der Waals surface area contributed by atoms with Crippen LogP contribution in [0.25, 0.3) is 11.0 Å². The van der Waals surface area contributed by atoms with E-state index in [0.29, 0.717) is 5.02 Å². The SMILES string of the molecule is CNc1ccc(Cl)cc1/C(C)=N/n1cnc2ccccc21. The maximum atomic E-state index is 6.09. The average Bonchev–Trinajstić information content (AvgIpc) is 2.90. The summed E-state index contributed by atoms with van der Waals surface area (Å²) in [7, 11) is 1.88. The van der Waals surface area contributed by atoms with Gasteiger partial charge in [-0.2, -0.15) is 5.10 Å². The van der Waals surface area contributed by atoms with Crippen molar-refractivity contribution in [3.05, 3.63) is 59.4 Å². The fourth-order valence-electron chi connectivity index (χ4n) is 2.28. The van der Waals surface area contributed by atoms with Gasteiger partial charge < -0.3 is 5.32 Å². The Bertz CT molecular complexity index is 820. The second-order valence-corrected chi connectivity index (χ2v) is 5.14. The molecule has 0 spiro atoms. The molecule has 1 aromatic heterocycles. The first kappa shape index (κ1) is 13.6. The molecule has 0 radical (unpaired) electrons. The van der Waals surface area contributed by atoms with Gasteiger partial charge in [0.15, 0.2) is 0 Å². The first-order valence-corrected chi connectivity index (χ1v) is 7.02. The third-order valence-electron chi connectivity index (χ3n) is 3.33. The van der Waals surface area contributed by atoms with Crippen LogP contribution in [0.1, 0.15) is 12.5 Å². The average molecular weight is 299 g/mol. The van der Waals surface area contributed by atoms with Crippen molar-refractivity contribution < 1.29 is 0 Å². The molecule has 2 aromatic carbocycles. The van der Waals surface area contributed by atoms with E-state index in [9.17, 15) is 0 Å². The molecule has 0 aliphatic rings. The molecule has 3 rings (SSSR count). The van der Waals surface area contributed by atoms with Crippen LogP contribution in [0.2, 0.25) is 5.02 Å². The minimum absolute atomic E-state index is 0.689. The molecule has 0 aliphatic carbocycles. The van der Waals surface area contributed by atoms with Gasteiger partial charge in [0.2, 0.25) is 0 Å². The second kappa shape index (κ2) is 5.58. The summed E-state index contributed by atoms with van der Waals surface area (Å²) in [4.78, 5) is 4.34. The Kier molecular flexibility index (Phi) is 3.62. The predicted octanol–water partition coefficient (Wildman–Crippen LogP) is 4.00. The van der Waals surface area contributed by atoms with Gasteiger partial charge in [0.1, 0.15) is 6.33 Å². The van der Waals surface area contributed by atoms with Gasteiger partial charge in [0.05, 0.1) is 16.7 Å². The van der Waals surface area contributed by atoms with Crippen molar-refractivity contribution >= 4 is 34.0 Å². The normalized spacial score (nSPS) is 11.9. The highest BCUT2D eigenvalue weighted by atomic mass is 35.5. The van der Waals surface area contributed by atoms with E-state index in [4.69, 9.17) is 11.6 Å². The maximum absolute atomic E-state index is 6.09. The quantitative estimate of drug-likeness (QED) is 0.743. The van der Waals surface area contributed by atoms with Crippen LogP contribution in [-0.2, 0) is 0 Å². The number of nitrogens with one attached hydrogen (secondary N) is 1. The van der Waals surface area contributed by atoms with Crippen LogP contribution in [0.4, 0.5) is 5.69 Å². The van der Waals surface area contributed by atoms with Crippen LogP contribution in [0, 0.1) is 0 Å². The zero-order valence-electron chi connectivity index (χ0n) is 11.8. The highest BCUT2D eigenvalue weighted by molar-refractivity contribution is 6.31. The lowest BCUT2D eigenvalue weighted by atomic mass is 10.1. The summed E-state index contributed by atoms with van der Waals surface area (Å²) in [5.74, 6) is 0. The van der Waals surface area contributed by atoms with Gasteiger partial charge in [-0.15, -0.1) is 0 Å². The predicted molar refractivity (Wildman–Crippen MR) is 88.3 cm³/mol. The Morgan fingerprint density at radius 2 is 2.05 bits per heavy atom. The van der Waals surface area contributed by atoms with Crippen molar-refractivity contribution in [3.63, 3.8) is 0 Å². The van der Waals surface area contributed by atoms with Crippen molar-refractivity contribution in [1.29, 1.82) is 0 Å². The van der Waals surface area contributed by atoms with Crippen LogP contribution < -0.4 is 5.32 Å². The molecule has 0 fully saturated rings. The van der Waals surface area contributed by atoms with Gasteiger partial charge in [-0.3, -0.25) is 0 Å². The number of rotatable bonds is 3. The fraction of sp³-hybridized carbons (Fsp3) is 0.125. The van der Waals surface area contributed by atoms with E-state index in [1.54, 1.807) is 11.0 Å². The summed E-state index contributed by atoms with van der Waals surface area (Å²) < 4.78 is 1.78. The van der Waals surface area contributed by atoms with Crippen molar-refractivity contribution in [2.45, 2.75) is 6.92 Å². The summed E-state index contributed by atoms with van der Waals surface area (Å²) >= 11 is 6.09. The molecule has 0 saturated heterocycles. The molecule has 1 N–H and O–H groups in total. The number of imidazole rings is 1. The monoisotopic (exact) mass is 298 g/mol. The number of halogens is 1. The molecule has 106 valence electrons. The highest BCUT2D eigenvalue weighted by Crippen LogP contribution is 2.22. The van der Waals surface area contributed by atoms with Crippen LogP contribution in [0.3, 0.4) is 0 Å². The first-order valence-electron chi connectivity index (χ1n) is 6.64. The van der Waals surface area contributed by atoms with Crippen molar-refractivity contribution in [2.75, 3.05) is 12.4 Å². The third-order valence-corrected chi connectivity index (χ3v) is 3.57. The van der Waals surface area contributed by atoms with E-state index in [1.165, 1.54) is 0 Å². The van der Waals surface area contributed by atoms with Crippen LogP contribution in [0.5, 0.6) is 0 Å². The standard InChI is InChI=1S/C16H15ClN4/c1-11(13-9-12(17)7-8-14(13)18-2)20-21-10-19-15-5-3-4-6-16(15)21/h3-10,18H,1-2H3/b20-11+. The molecule has 21 heavy (non-hydrogen) atoms. The smallest absolute Gasteiger partial charge is 0.118 e. The van der Waals surface area contributed by atoms with Crippen LogP contribution >= 0.6 is 11.6 Å². The molecule has 5 heteroatoms. The maximum Gasteiger partial charge on any atom is 0.118 e. The van der Waals surface area contributed by atoms with Crippen molar-refractivity contribution in [3.8, 4) is 0 Å². The summed E-state index contributed by atoms with van der Waals surface area (Å²) in [6, 6.07) is 13.6. The fourth-order valence-corrected chi connectivity index (χ4v) is 2.45. The van der Waals surface area contributed by atoms with Gasteiger partial charge in [-0.25, -0.2) is 9.66 Å². The highest BCUT2D eigenvalue weighted by Gasteiger charge is 2.07. The minimum atomic E-state index is 0.689. The van der Waals surface area contributed by atoms with Crippen molar-refractivity contribution in [2.24, 2.45) is 5.10 Å². The van der Waals surface area contributed by atoms with Gasteiger partial charge in [0.25, 0.3) is 0 Å². The lowest BCUT2D eigenvalue weighted by molar-refractivity contribution is 0.906. The van der Waals surface area contributed by atoms with E-state index < -0.39 is 0 Å². The molecule has 0 unspecified atom stereocenters. The van der Waals surface area contributed by atoms with E-state index in [2.05, 4.69) is 15.4 Å². The molecule has 3 aromatic rings. The second-order valence-electron chi connectivity index (χ2n) is 4.70. The zero-order valence-corrected chi connectivity index (χ0v) is 12.6. The summed E-state index contributed by atoms with van der Waals surface area (Å²) in [6.45, 7) is 1.96. The molecule has 0 atom stereocenters. The number of hydrogen-bond donors (Lipinski definition) is 1. The molecule has 1 heterocycles. The van der Waals surface area contributed by atoms with E-state index in [1.807, 2.05) is 56.4 Å². The number of anilines is 1. The van der Waals surface area contributed by atoms with Gasteiger partial charge in [-0.05, 0) is 37.3 Å².